The quantitative estimate of drug-likeness (QED) is 0.243. The van der Waals surface area contributed by atoms with Crippen molar-refractivity contribution < 1.29 is 40.1 Å². The number of aromatic nitrogens is 4. The van der Waals surface area contributed by atoms with E-state index in [1.54, 1.807) is 6.07 Å². The Labute approximate surface area is 218 Å². The molecule has 0 bridgehead atoms. The first-order valence-corrected chi connectivity index (χ1v) is 12.9. The molecule has 1 atom stereocenters. The van der Waals surface area contributed by atoms with Crippen molar-refractivity contribution in [2.45, 2.75) is 51.0 Å². The lowest BCUT2D eigenvalue weighted by atomic mass is 9.93. The van der Waals surface area contributed by atoms with Gasteiger partial charge in [0.1, 0.15) is 30.1 Å². The van der Waals surface area contributed by atoms with Crippen molar-refractivity contribution in [2.24, 2.45) is 0 Å². The number of amides is 1. The lowest BCUT2D eigenvalue weighted by Crippen LogP contribution is -2.31. The number of rotatable bonds is 7. The van der Waals surface area contributed by atoms with Gasteiger partial charge in [0.15, 0.2) is 0 Å². The van der Waals surface area contributed by atoms with Crippen molar-refractivity contribution >= 4 is 27.5 Å². The van der Waals surface area contributed by atoms with E-state index < -0.39 is 64.2 Å². The third-order valence-corrected chi connectivity index (χ3v) is 6.98. The molecule has 17 heteroatoms. The Morgan fingerprint density at radius 1 is 1.26 bits per heavy atom. The van der Waals surface area contributed by atoms with Crippen LogP contribution in [0, 0.1) is 5.82 Å². The first-order chi connectivity index (χ1) is 18.0. The van der Waals surface area contributed by atoms with Crippen LogP contribution in [0.3, 0.4) is 0 Å². The van der Waals surface area contributed by atoms with E-state index >= 15 is 0 Å². The van der Waals surface area contributed by atoms with Gasteiger partial charge in [0, 0.05) is 24.6 Å². The summed E-state index contributed by atoms with van der Waals surface area (Å²) < 4.78 is 79.7. The Morgan fingerprint density at radius 3 is 2.54 bits per heavy atom. The summed E-state index contributed by atoms with van der Waals surface area (Å²) in [5.74, 6) is -1.22. The molecule has 1 aliphatic rings. The van der Waals surface area contributed by atoms with Gasteiger partial charge in [0.25, 0.3) is 5.56 Å². The maximum absolute atomic E-state index is 13.3. The zero-order valence-corrected chi connectivity index (χ0v) is 21.7. The second-order valence-electron chi connectivity index (χ2n) is 9.78. The number of aliphatic hydroxyl groups is 1. The molecule has 0 aromatic carbocycles. The Hall–Kier alpha value is -3.41. The van der Waals surface area contributed by atoms with Crippen LogP contribution in [0.2, 0.25) is 0 Å². The van der Waals surface area contributed by atoms with Gasteiger partial charge in [-0.05, 0) is 12.1 Å². The van der Waals surface area contributed by atoms with Crippen molar-refractivity contribution in [3.63, 3.8) is 0 Å². The fourth-order valence-corrected chi connectivity index (χ4v) is 4.41. The molecule has 3 aromatic heterocycles. The summed E-state index contributed by atoms with van der Waals surface area (Å²) in [7, 11) is -5.85. The number of carbonyl (C=O) groups is 1. The van der Waals surface area contributed by atoms with E-state index in [9.17, 15) is 40.7 Å². The van der Waals surface area contributed by atoms with Crippen molar-refractivity contribution in [2.75, 3.05) is 18.5 Å². The van der Waals surface area contributed by atoms with Gasteiger partial charge in [-0.25, -0.2) is 9.37 Å². The molecule has 0 saturated carbocycles. The molecule has 1 amide bonds. The monoisotopic (exact) mass is 576 g/mol. The van der Waals surface area contributed by atoms with Gasteiger partial charge in [-0.3, -0.25) is 18.7 Å². The first-order valence-electron chi connectivity index (χ1n) is 11.4. The first kappa shape index (κ1) is 28.6. The van der Waals surface area contributed by atoms with Crippen molar-refractivity contribution in [3.05, 3.63) is 57.5 Å². The number of anilines is 1. The summed E-state index contributed by atoms with van der Waals surface area (Å²) in [6, 6.07) is 3.90. The van der Waals surface area contributed by atoms with E-state index in [2.05, 4.69) is 19.6 Å². The standard InChI is InChI=1S/C22H24F4N6O6S/c1-21(2,3)14-8-17-31(11-16(33)28-15-5-4-12(23)9-27-15)18-13(19(34)32(17)29-14)10-30(20(18)35)6-7-38-39(36,37)22(24,25)26/h4-5,8-9,20,35H,6-7,10-11H2,1-3H3,(H,27,28,33). The molecule has 0 fully saturated rings. The molecule has 2 N–H and O–H groups in total. The lowest BCUT2D eigenvalue weighted by molar-refractivity contribution is -0.116. The molecular formula is C22H24F4N6O6S. The van der Waals surface area contributed by atoms with E-state index in [0.717, 1.165) is 21.7 Å². The number of nitrogens with one attached hydrogen (secondary N) is 1. The largest absolute Gasteiger partial charge is 0.523 e. The normalized spacial score (nSPS) is 16.6. The van der Waals surface area contributed by atoms with Crippen LogP contribution < -0.4 is 10.9 Å². The van der Waals surface area contributed by atoms with Gasteiger partial charge in [0.2, 0.25) is 5.91 Å². The number of pyridine rings is 1. The van der Waals surface area contributed by atoms with E-state index in [0.29, 0.717) is 5.69 Å². The molecule has 12 nitrogen and oxygen atoms in total. The van der Waals surface area contributed by atoms with Crippen molar-refractivity contribution in [3.8, 4) is 0 Å². The van der Waals surface area contributed by atoms with Gasteiger partial charge in [0.05, 0.1) is 29.8 Å². The van der Waals surface area contributed by atoms with E-state index in [-0.39, 0.29) is 29.3 Å². The molecule has 4 rings (SSSR count). The second kappa shape index (κ2) is 9.96. The molecule has 3 aromatic rings. The Morgan fingerprint density at radius 2 is 1.95 bits per heavy atom. The smallest absolute Gasteiger partial charge is 0.372 e. The van der Waals surface area contributed by atoms with Crippen LogP contribution in [-0.4, -0.2) is 62.2 Å². The zero-order chi connectivity index (χ0) is 28.9. The Kier molecular flexibility index (Phi) is 7.30. The predicted octanol–water partition coefficient (Wildman–Crippen LogP) is 1.64. The SMILES string of the molecule is CC(C)(C)c1cc2n(CC(=O)Nc3ccc(F)cn3)c3c(c(=O)n2n1)CN(CCOS(=O)(=O)C(F)(F)F)C3O. The number of halogens is 4. The highest BCUT2D eigenvalue weighted by Gasteiger charge is 2.47. The lowest BCUT2D eigenvalue weighted by Gasteiger charge is -2.22. The molecule has 212 valence electrons. The predicted molar refractivity (Wildman–Crippen MR) is 127 cm³/mol. The van der Waals surface area contributed by atoms with Gasteiger partial charge in [-0.2, -0.15) is 31.2 Å². The molecule has 0 saturated heterocycles. The molecule has 0 spiro atoms. The van der Waals surface area contributed by atoms with E-state index in [4.69, 9.17) is 0 Å². The minimum atomic E-state index is -5.85. The summed E-state index contributed by atoms with van der Waals surface area (Å²) in [6.07, 6.45) is -0.695. The number of nitrogens with zero attached hydrogens (tertiary/aromatic N) is 5. The third kappa shape index (κ3) is 5.66. The summed E-state index contributed by atoms with van der Waals surface area (Å²) in [4.78, 5) is 31.1. The van der Waals surface area contributed by atoms with Crippen molar-refractivity contribution in [1.82, 2.24) is 24.1 Å². The molecule has 0 radical (unpaired) electrons. The fourth-order valence-electron chi connectivity index (χ4n) is 3.98. The fraction of sp³-hybridized carbons (Fsp3) is 0.455. The van der Waals surface area contributed by atoms with Crippen LogP contribution in [0.1, 0.15) is 44.0 Å². The number of aliphatic hydroxyl groups excluding tert-OH is 1. The summed E-state index contributed by atoms with van der Waals surface area (Å²) in [5.41, 5.74) is -6.09. The zero-order valence-electron chi connectivity index (χ0n) is 20.9. The highest BCUT2D eigenvalue weighted by atomic mass is 32.2. The second-order valence-corrected chi connectivity index (χ2v) is 11.4. The van der Waals surface area contributed by atoms with Crippen LogP contribution >= 0.6 is 0 Å². The van der Waals surface area contributed by atoms with Crippen LogP contribution in [0.15, 0.2) is 29.2 Å². The minimum Gasteiger partial charge on any atom is -0.372 e. The number of hydrogen-bond acceptors (Lipinski definition) is 9. The molecule has 1 aliphatic heterocycles. The number of carbonyl (C=O) groups excluding carboxylic acids is 1. The highest BCUT2D eigenvalue weighted by molar-refractivity contribution is 7.87. The molecular weight excluding hydrogens is 552 g/mol. The average Bonchev–Trinajstić information content (AvgIpc) is 3.40. The van der Waals surface area contributed by atoms with Gasteiger partial charge < -0.3 is 15.0 Å². The Bertz CT molecular complexity index is 1580. The van der Waals surface area contributed by atoms with Crippen molar-refractivity contribution in [1.29, 1.82) is 0 Å². The summed E-state index contributed by atoms with van der Waals surface area (Å²) in [5, 5.41) is 17.9. The molecule has 39 heavy (non-hydrogen) atoms. The number of fused-ring (bicyclic) bond motifs is 2. The third-order valence-electron chi connectivity index (χ3n) is 5.93. The van der Waals surface area contributed by atoms with Crippen LogP contribution in [0.5, 0.6) is 0 Å². The minimum absolute atomic E-state index is 0.00458. The van der Waals surface area contributed by atoms with Crippen LogP contribution in [0.25, 0.3) is 5.65 Å². The van der Waals surface area contributed by atoms with Crippen LogP contribution in [-0.2, 0) is 37.6 Å². The summed E-state index contributed by atoms with van der Waals surface area (Å²) in [6.45, 7) is 3.38. The van der Waals surface area contributed by atoms with Gasteiger partial charge in [-0.1, -0.05) is 20.8 Å². The summed E-state index contributed by atoms with van der Waals surface area (Å²) >= 11 is 0. The van der Waals surface area contributed by atoms with E-state index in [1.807, 2.05) is 20.8 Å². The molecule has 0 aliphatic carbocycles. The van der Waals surface area contributed by atoms with Crippen LogP contribution in [0.4, 0.5) is 23.4 Å². The number of hydrogen-bond donors (Lipinski definition) is 2. The maximum Gasteiger partial charge on any atom is 0.523 e. The molecule has 4 heterocycles. The molecule has 1 unspecified atom stereocenters. The van der Waals surface area contributed by atoms with Gasteiger partial charge >= 0.3 is 15.6 Å². The van der Waals surface area contributed by atoms with E-state index in [1.165, 1.54) is 10.6 Å². The Balaban J connectivity index is 1.69. The van der Waals surface area contributed by atoms with Gasteiger partial charge in [-0.15, -0.1) is 0 Å². The maximum atomic E-state index is 13.3. The number of alkyl halides is 3. The average molecular weight is 577 g/mol. The topological polar surface area (TPSA) is 148 Å². The highest BCUT2D eigenvalue weighted by Crippen LogP contribution is 2.32.